The van der Waals surface area contributed by atoms with Crippen molar-refractivity contribution in [2.75, 3.05) is 0 Å². The fraction of sp³-hybridized carbons (Fsp3) is 0.667. The van der Waals surface area contributed by atoms with Gasteiger partial charge < -0.3 is 5.73 Å². The molecule has 1 saturated carbocycles. The summed E-state index contributed by atoms with van der Waals surface area (Å²) in [6.45, 7) is 0. The van der Waals surface area contributed by atoms with E-state index in [1.54, 1.807) is 0 Å². The summed E-state index contributed by atoms with van der Waals surface area (Å²) < 4.78 is 12.9. The maximum Gasteiger partial charge on any atom is 0.0576 e. The second-order valence-electron chi connectivity index (χ2n) is 6.22. The molecule has 0 bridgehead atoms. The second-order valence-corrected chi connectivity index (χ2v) is 7.89. The smallest absolute Gasteiger partial charge is 0.0576 e. The first-order valence-electron chi connectivity index (χ1n) is 8.50. The Kier molecular flexibility index (Phi) is 7.45. The zero-order valence-electron chi connectivity index (χ0n) is 13.0. The first-order chi connectivity index (χ1) is 10.3. The van der Waals surface area contributed by atoms with Gasteiger partial charge >= 0.3 is 0 Å². The lowest BCUT2D eigenvalue weighted by atomic mass is 9.98. The Bertz CT molecular complexity index is 420. The van der Waals surface area contributed by atoms with Crippen molar-refractivity contribution in [1.82, 2.24) is 0 Å². The van der Waals surface area contributed by atoms with E-state index in [2.05, 4.69) is 0 Å². The molecule has 0 saturated heterocycles. The summed E-state index contributed by atoms with van der Waals surface area (Å²) >= 11 is 0. The summed E-state index contributed by atoms with van der Waals surface area (Å²) in [5, 5.41) is 0.117. The number of rotatable bonds is 2. The van der Waals surface area contributed by atoms with Gasteiger partial charge in [-0.3, -0.25) is 4.21 Å². The van der Waals surface area contributed by atoms with E-state index in [-0.39, 0.29) is 11.3 Å². The Balaban J connectivity index is 2.02. The van der Waals surface area contributed by atoms with Gasteiger partial charge in [-0.25, -0.2) is 0 Å². The molecule has 2 N–H and O–H groups in total. The Morgan fingerprint density at radius 3 is 1.95 bits per heavy atom. The number of hydrogen-bond donors (Lipinski definition) is 1. The third-order valence-corrected chi connectivity index (χ3v) is 6.38. The monoisotopic (exact) mass is 307 g/mol. The Morgan fingerprint density at radius 2 is 1.33 bits per heavy atom. The van der Waals surface area contributed by atoms with Gasteiger partial charge in [0.2, 0.25) is 0 Å². The highest BCUT2D eigenvalue weighted by molar-refractivity contribution is 7.85. The van der Waals surface area contributed by atoms with E-state index in [1.165, 1.54) is 44.9 Å². The fourth-order valence-electron chi connectivity index (χ4n) is 3.18. The number of benzene rings is 1. The van der Waals surface area contributed by atoms with Crippen LogP contribution < -0.4 is 5.73 Å². The minimum Gasteiger partial charge on any atom is -0.327 e. The van der Waals surface area contributed by atoms with Gasteiger partial charge in [-0.15, -0.1) is 0 Å². The molecule has 118 valence electrons. The Labute approximate surface area is 132 Å². The molecule has 3 heteroatoms. The average molecular weight is 308 g/mol. The summed E-state index contributed by atoms with van der Waals surface area (Å²) in [4.78, 5) is 0.935. The summed E-state index contributed by atoms with van der Waals surface area (Å²) in [6.07, 6.45) is 12.3. The fourth-order valence-corrected chi connectivity index (χ4v) is 4.79. The van der Waals surface area contributed by atoms with Crippen LogP contribution in [0.4, 0.5) is 0 Å². The highest BCUT2D eigenvalue weighted by Gasteiger charge is 2.24. The van der Waals surface area contributed by atoms with E-state index >= 15 is 0 Å². The van der Waals surface area contributed by atoms with Gasteiger partial charge in [0, 0.05) is 10.9 Å². The highest BCUT2D eigenvalue weighted by Crippen LogP contribution is 2.23. The molecule has 0 amide bonds. The van der Waals surface area contributed by atoms with Crippen LogP contribution in [0.3, 0.4) is 0 Å². The van der Waals surface area contributed by atoms with Crippen LogP contribution in [0.1, 0.15) is 64.2 Å². The quantitative estimate of drug-likeness (QED) is 0.879. The lowest BCUT2D eigenvalue weighted by Gasteiger charge is -2.24. The van der Waals surface area contributed by atoms with Gasteiger partial charge in [0.05, 0.1) is 16.0 Å². The number of nitrogens with two attached hydrogens (primary N) is 1. The largest absolute Gasteiger partial charge is 0.327 e. The normalized spacial score (nSPS) is 27.3. The van der Waals surface area contributed by atoms with Crippen molar-refractivity contribution in [3.63, 3.8) is 0 Å². The molecular weight excluding hydrogens is 278 g/mol. The second kappa shape index (κ2) is 9.37. The van der Waals surface area contributed by atoms with E-state index in [0.29, 0.717) is 0 Å². The van der Waals surface area contributed by atoms with Crippen molar-refractivity contribution in [1.29, 1.82) is 0 Å². The van der Waals surface area contributed by atoms with Crippen molar-refractivity contribution >= 4 is 10.8 Å². The topological polar surface area (TPSA) is 43.1 Å². The molecular formula is C18H29NOS. The zero-order chi connectivity index (χ0) is 14.9. The standard InChI is InChI=1S/C18H29NOS/c19-17-14-10-5-3-1-2-4-6-11-15-18(17)21(20)16-12-8-7-9-13-16/h7-9,12-13,17-18H,1-6,10-11,14-15,19H2. The Morgan fingerprint density at radius 1 is 0.810 bits per heavy atom. The Hall–Kier alpha value is -0.670. The molecule has 0 aromatic heterocycles. The lowest BCUT2D eigenvalue weighted by Crippen LogP contribution is -2.38. The maximum absolute atomic E-state index is 12.9. The lowest BCUT2D eigenvalue weighted by molar-refractivity contribution is 0.467. The third kappa shape index (κ3) is 5.55. The molecule has 2 rings (SSSR count). The van der Waals surface area contributed by atoms with E-state index in [4.69, 9.17) is 5.73 Å². The van der Waals surface area contributed by atoms with E-state index < -0.39 is 10.8 Å². The first kappa shape index (κ1) is 16.7. The summed E-state index contributed by atoms with van der Waals surface area (Å²) in [5.41, 5.74) is 6.40. The molecule has 1 aromatic carbocycles. The molecule has 1 aliphatic rings. The first-order valence-corrected chi connectivity index (χ1v) is 9.71. The van der Waals surface area contributed by atoms with Crippen LogP contribution in [0.15, 0.2) is 35.2 Å². The molecule has 3 unspecified atom stereocenters. The van der Waals surface area contributed by atoms with Gasteiger partial charge in [0.1, 0.15) is 0 Å². The summed E-state index contributed by atoms with van der Waals surface area (Å²) in [6, 6.07) is 9.92. The SMILES string of the molecule is NC1CCCCCCCCCCC1S(=O)c1ccccc1. The predicted octanol–water partition coefficient (Wildman–Crippen LogP) is 4.40. The molecule has 0 radical (unpaired) electrons. The van der Waals surface area contributed by atoms with Crippen LogP contribution in [0.2, 0.25) is 0 Å². The van der Waals surface area contributed by atoms with Crippen molar-refractivity contribution in [2.45, 2.75) is 80.4 Å². The van der Waals surface area contributed by atoms with Crippen molar-refractivity contribution in [3.05, 3.63) is 30.3 Å². The molecule has 0 heterocycles. The third-order valence-electron chi connectivity index (χ3n) is 4.50. The van der Waals surface area contributed by atoms with Gasteiger partial charge in [-0.2, -0.15) is 0 Å². The maximum atomic E-state index is 12.9. The molecule has 1 aliphatic carbocycles. The highest BCUT2D eigenvalue weighted by atomic mass is 32.2. The molecule has 1 aromatic rings. The minimum absolute atomic E-state index is 0.0745. The molecule has 0 spiro atoms. The van der Waals surface area contributed by atoms with Gasteiger partial charge in [-0.05, 0) is 25.0 Å². The van der Waals surface area contributed by atoms with Gasteiger partial charge in [0.25, 0.3) is 0 Å². The zero-order valence-corrected chi connectivity index (χ0v) is 13.8. The van der Waals surface area contributed by atoms with Gasteiger partial charge in [0.15, 0.2) is 0 Å². The van der Waals surface area contributed by atoms with Gasteiger partial charge in [-0.1, -0.05) is 69.6 Å². The molecule has 0 aliphatic heterocycles. The van der Waals surface area contributed by atoms with E-state index in [1.807, 2.05) is 30.3 Å². The van der Waals surface area contributed by atoms with Crippen LogP contribution in [0, 0.1) is 0 Å². The van der Waals surface area contributed by atoms with Crippen molar-refractivity contribution < 1.29 is 4.21 Å². The van der Waals surface area contributed by atoms with Crippen LogP contribution in [0.25, 0.3) is 0 Å². The molecule has 1 fully saturated rings. The van der Waals surface area contributed by atoms with E-state index in [0.717, 1.165) is 24.2 Å². The molecule has 21 heavy (non-hydrogen) atoms. The average Bonchev–Trinajstić information content (AvgIpc) is 2.51. The van der Waals surface area contributed by atoms with Crippen LogP contribution in [-0.4, -0.2) is 15.5 Å². The molecule has 3 atom stereocenters. The summed E-state index contributed by atoms with van der Waals surface area (Å²) in [7, 11) is -0.967. The number of hydrogen-bond acceptors (Lipinski definition) is 2. The van der Waals surface area contributed by atoms with Crippen LogP contribution in [-0.2, 0) is 10.8 Å². The molecule has 2 nitrogen and oxygen atoms in total. The predicted molar refractivity (Wildman–Crippen MR) is 90.8 cm³/mol. The van der Waals surface area contributed by atoms with Crippen LogP contribution >= 0.6 is 0 Å². The minimum atomic E-state index is -0.967. The van der Waals surface area contributed by atoms with Crippen molar-refractivity contribution in [3.8, 4) is 0 Å². The summed E-state index contributed by atoms with van der Waals surface area (Å²) in [5.74, 6) is 0. The van der Waals surface area contributed by atoms with E-state index in [9.17, 15) is 4.21 Å². The van der Waals surface area contributed by atoms with Crippen LogP contribution in [0.5, 0.6) is 0 Å². The van der Waals surface area contributed by atoms with Crippen molar-refractivity contribution in [2.24, 2.45) is 5.73 Å².